The van der Waals surface area contributed by atoms with Gasteiger partial charge in [0.05, 0.1) is 6.54 Å². The average molecular weight is 470 g/mol. The number of nitrogens with zero attached hydrogens (tertiary/aromatic N) is 4. The third-order valence-corrected chi connectivity index (χ3v) is 4.95. The lowest BCUT2D eigenvalue weighted by molar-refractivity contribution is 0.392. The highest BCUT2D eigenvalue weighted by atomic mass is 127. The number of aryl methyl sites for hydroxylation is 2. The fourth-order valence-electron chi connectivity index (χ4n) is 3.57. The van der Waals surface area contributed by atoms with Crippen LogP contribution in [0.25, 0.3) is 0 Å². The predicted octanol–water partition coefficient (Wildman–Crippen LogP) is 2.38. The van der Waals surface area contributed by atoms with Gasteiger partial charge in [0.15, 0.2) is 5.96 Å². The lowest BCUT2D eigenvalue weighted by atomic mass is 10.1. The van der Waals surface area contributed by atoms with Gasteiger partial charge in [-0.15, -0.1) is 24.0 Å². The molecule has 26 heavy (non-hydrogen) atoms. The molecule has 8 heteroatoms. The number of halogens is 2. The normalized spacial score (nSPS) is 24.4. The number of nitrogens with one attached hydrogen (secondary N) is 2. The Morgan fingerprint density at radius 3 is 2.88 bits per heavy atom. The zero-order valence-electron chi connectivity index (χ0n) is 14.9. The summed E-state index contributed by atoms with van der Waals surface area (Å²) in [5.74, 6) is 2.75. The van der Waals surface area contributed by atoms with Crippen LogP contribution in [0, 0.1) is 12.7 Å². The first-order chi connectivity index (χ1) is 12.1. The lowest BCUT2D eigenvalue weighted by Gasteiger charge is -2.25. The Morgan fingerprint density at radius 1 is 1.31 bits per heavy atom. The lowest BCUT2D eigenvalue weighted by Crippen LogP contribution is -2.47. The van der Waals surface area contributed by atoms with E-state index in [-0.39, 0.29) is 47.8 Å². The highest BCUT2D eigenvalue weighted by Gasteiger charge is 2.40. The predicted molar refractivity (Wildman–Crippen MR) is 109 cm³/mol. The molecule has 2 N–H and O–H groups in total. The third kappa shape index (κ3) is 3.99. The second kappa shape index (κ2) is 7.89. The van der Waals surface area contributed by atoms with E-state index in [1.165, 1.54) is 6.07 Å². The number of hydrogen-bond acceptors (Lipinski definition) is 3. The number of benzene rings is 1. The summed E-state index contributed by atoms with van der Waals surface area (Å²) in [7, 11) is 1.77. The number of fused-ring (bicyclic) bond motifs is 1. The summed E-state index contributed by atoms with van der Waals surface area (Å²) in [6, 6.07) is 7.51. The molecule has 1 aliphatic carbocycles. The van der Waals surface area contributed by atoms with Crippen LogP contribution in [-0.2, 0) is 13.0 Å². The first kappa shape index (κ1) is 19.1. The molecule has 1 aliphatic heterocycles. The van der Waals surface area contributed by atoms with Crippen molar-refractivity contribution in [2.24, 2.45) is 4.99 Å². The molecule has 6 nitrogen and oxygen atoms in total. The SMILES string of the molecule is CN=C(NC1CCc2nc(C)nn2C1)NC1CC1c1ccccc1F.I. The molecule has 3 unspecified atom stereocenters. The zero-order valence-corrected chi connectivity index (χ0v) is 17.3. The van der Waals surface area contributed by atoms with E-state index in [1.807, 2.05) is 23.7 Å². The van der Waals surface area contributed by atoms with Crippen LogP contribution in [-0.4, -0.2) is 39.9 Å². The van der Waals surface area contributed by atoms with Crippen LogP contribution in [0.3, 0.4) is 0 Å². The minimum atomic E-state index is -0.124. The minimum absolute atomic E-state index is 0. The van der Waals surface area contributed by atoms with Crippen LogP contribution in [0.1, 0.15) is 36.0 Å². The van der Waals surface area contributed by atoms with Gasteiger partial charge in [0, 0.05) is 31.5 Å². The van der Waals surface area contributed by atoms with Gasteiger partial charge in [-0.2, -0.15) is 5.10 Å². The van der Waals surface area contributed by atoms with Crippen molar-refractivity contribution in [3.8, 4) is 0 Å². The van der Waals surface area contributed by atoms with Crippen molar-refractivity contribution in [2.75, 3.05) is 7.05 Å². The summed E-state index contributed by atoms with van der Waals surface area (Å²) in [6.07, 6.45) is 2.84. The van der Waals surface area contributed by atoms with Crippen molar-refractivity contribution >= 4 is 29.9 Å². The van der Waals surface area contributed by atoms with Crippen LogP contribution in [0.4, 0.5) is 4.39 Å². The van der Waals surface area contributed by atoms with Crippen molar-refractivity contribution in [2.45, 2.75) is 50.7 Å². The Bertz CT molecular complexity index is 805. The molecule has 1 fully saturated rings. The molecule has 0 saturated heterocycles. The monoisotopic (exact) mass is 470 g/mol. The number of rotatable bonds is 3. The number of aliphatic imine (C=N–C) groups is 1. The van der Waals surface area contributed by atoms with Gasteiger partial charge >= 0.3 is 0 Å². The molecule has 2 aliphatic rings. The second-order valence-corrected chi connectivity index (χ2v) is 6.82. The highest BCUT2D eigenvalue weighted by molar-refractivity contribution is 14.0. The van der Waals surface area contributed by atoms with Gasteiger partial charge in [-0.3, -0.25) is 4.99 Å². The summed E-state index contributed by atoms with van der Waals surface area (Å²) < 4.78 is 15.9. The Labute approximate surface area is 169 Å². The molecule has 2 heterocycles. The average Bonchev–Trinajstić information content (AvgIpc) is 3.25. The smallest absolute Gasteiger partial charge is 0.191 e. The molecular weight excluding hydrogens is 446 g/mol. The molecule has 4 rings (SSSR count). The van der Waals surface area contributed by atoms with Crippen LogP contribution in [0.15, 0.2) is 29.3 Å². The van der Waals surface area contributed by atoms with Crippen LogP contribution in [0.5, 0.6) is 0 Å². The molecule has 0 spiro atoms. The Hall–Kier alpha value is -1.71. The summed E-state index contributed by atoms with van der Waals surface area (Å²) >= 11 is 0. The third-order valence-electron chi connectivity index (χ3n) is 4.95. The van der Waals surface area contributed by atoms with Crippen molar-refractivity contribution in [1.82, 2.24) is 25.4 Å². The molecular formula is C18H24FIN6. The van der Waals surface area contributed by atoms with E-state index < -0.39 is 0 Å². The van der Waals surface area contributed by atoms with Crippen molar-refractivity contribution < 1.29 is 4.39 Å². The Morgan fingerprint density at radius 2 is 2.12 bits per heavy atom. The van der Waals surface area contributed by atoms with Crippen LogP contribution >= 0.6 is 24.0 Å². The van der Waals surface area contributed by atoms with Gasteiger partial charge in [-0.25, -0.2) is 14.1 Å². The minimum Gasteiger partial charge on any atom is -0.353 e. The quantitative estimate of drug-likeness (QED) is 0.411. The molecule has 1 aromatic carbocycles. The summed E-state index contributed by atoms with van der Waals surface area (Å²) in [5, 5.41) is 11.3. The maximum atomic E-state index is 13.9. The summed E-state index contributed by atoms with van der Waals surface area (Å²) in [4.78, 5) is 8.77. The van der Waals surface area contributed by atoms with Crippen LogP contribution < -0.4 is 10.6 Å². The van der Waals surface area contributed by atoms with E-state index in [4.69, 9.17) is 0 Å². The van der Waals surface area contributed by atoms with Gasteiger partial charge in [-0.05, 0) is 31.4 Å². The number of guanidine groups is 1. The van der Waals surface area contributed by atoms with Gasteiger partial charge in [0.2, 0.25) is 0 Å². The zero-order chi connectivity index (χ0) is 17.4. The van der Waals surface area contributed by atoms with E-state index in [2.05, 4.69) is 25.7 Å². The van der Waals surface area contributed by atoms with Crippen molar-refractivity contribution in [3.63, 3.8) is 0 Å². The Kier molecular flexibility index (Phi) is 5.79. The summed E-state index contributed by atoms with van der Waals surface area (Å²) in [6.45, 7) is 2.71. The topological polar surface area (TPSA) is 67.1 Å². The molecule has 2 aromatic rings. The van der Waals surface area contributed by atoms with E-state index in [0.29, 0.717) is 0 Å². The molecule has 1 saturated carbocycles. The van der Waals surface area contributed by atoms with E-state index in [9.17, 15) is 4.39 Å². The van der Waals surface area contributed by atoms with E-state index >= 15 is 0 Å². The fourth-order valence-corrected chi connectivity index (χ4v) is 3.57. The van der Waals surface area contributed by atoms with E-state index in [1.54, 1.807) is 13.1 Å². The molecule has 1 aromatic heterocycles. The van der Waals surface area contributed by atoms with Crippen molar-refractivity contribution in [3.05, 3.63) is 47.3 Å². The van der Waals surface area contributed by atoms with E-state index in [0.717, 1.165) is 49.0 Å². The summed E-state index contributed by atoms with van der Waals surface area (Å²) in [5.41, 5.74) is 0.788. The van der Waals surface area contributed by atoms with Gasteiger partial charge in [0.25, 0.3) is 0 Å². The van der Waals surface area contributed by atoms with Crippen molar-refractivity contribution in [1.29, 1.82) is 0 Å². The Balaban J connectivity index is 0.00000196. The fraction of sp³-hybridized carbons (Fsp3) is 0.500. The molecule has 0 amide bonds. The highest BCUT2D eigenvalue weighted by Crippen LogP contribution is 2.41. The first-order valence-electron chi connectivity index (χ1n) is 8.78. The molecule has 0 bridgehead atoms. The molecule has 3 atom stereocenters. The standard InChI is InChI=1S/C18H23FN6.HI/c1-11-21-17-8-7-12(10-25(17)24-11)22-18(20-2)23-16-9-14(16)13-5-3-4-6-15(13)19;/h3-6,12,14,16H,7-10H2,1-2H3,(H2,20,22,23);1H. The second-order valence-electron chi connectivity index (χ2n) is 6.82. The van der Waals surface area contributed by atoms with Crippen LogP contribution in [0.2, 0.25) is 0 Å². The number of aromatic nitrogens is 3. The number of hydrogen-bond donors (Lipinski definition) is 2. The molecule has 140 valence electrons. The molecule has 0 radical (unpaired) electrons. The maximum absolute atomic E-state index is 13.9. The van der Waals surface area contributed by atoms with Gasteiger partial charge in [0.1, 0.15) is 17.5 Å². The van der Waals surface area contributed by atoms with Gasteiger partial charge < -0.3 is 10.6 Å². The van der Waals surface area contributed by atoms with Gasteiger partial charge in [-0.1, -0.05) is 18.2 Å². The maximum Gasteiger partial charge on any atom is 0.191 e. The largest absolute Gasteiger partial charge is 0.353 e. The first-order valence-corrected chi connectivity index (χ1v) is 8.78.